The lowest BCUT2D eigenvalue weighted by Gasteiger charge is -2.22. The van der Waals surface area contributed by atoms with E-state index in [2.05, 4.69) is 6.58 Å². The largest absolute Gasteiger partial charge is 0.458 e. The topological polar surface area (TPSA) is 72.9 Å². The van der Waals surface area contributed by atoms with Crippen molar-refractivity contribution in [3.8, 4) is 0 Å². The number of hydrogen-bond acceptors (Lipinski definition) is 5. The summed E-state index contributed by atoms with van der Waals surface area (Å²) in [4.78, 5) is 36.8. The molecule has 0 bridgehead atoms. The molecule has 1 atom stereocenters. The van der Waals surface area contributed by atoms with Gasteiger partial charge in [0.15, 0.2) is 0 Å². The number of imide groups is 1. The fourth-order valence-corrected chi connectivity index (χ4v) is 2.25. The van der Waals surface area contributed by atoms with Crippen LogP contribution in [0.1, 0.15) is 27.6 Å². The molecule has 0 spiro atoms. The van der Waals surface area contributed by atoms with Crippen LogP contribution in [-0.2, 0) is 14.3 Å². The normalized spacial score (nSPS) is 14.7. The van der Waals surface area contributed by atoms with Crippen LogP contribution in [-0.4, -0.2) is 48.5 Å². The molecule has 0 aromatic heterocycles. The molecule has 0 N–H and O–H groups in total. The van der Waals surface area contributed by atoms with E-state index >= 15 is 0 Å². The van der Waals surface area contributed by atoms with Gasteiger partial charge in [0.1, 0.15) is 6.10 Å². The van der Waals surface area contributed by atoms with Crippen molar-refractivity contribution < 1.29 is 23.9 Å². The van der Waals surface area contributed by atoms with E-state index in [1.165, 1.54) is 6.92 Å². The highest BCUT2D eigenvalue weighted by Gasteiger charge is 2.36. The minimum absolute atomic E-state index is 0.0386. The Labute approximate surface area is 128 Å². The van der Waals surface area contributed by atoms with Crippen molar-refractivity contribution in [3.63, 3.8) is 0 Å². The maximum Gasteiger partial charge on any atom is 0.303 e. The summed E-state index contributed by atoms with van der Waals surface area (Å²) in [6.45, 7) is 5.12. The van der Waals surface area contributed by atoms with Crippen LogP contribution in [0.15, 0.2) is 36.9 Å². The average molecular weight is 303 g/mol. The summed E-state index contributed by atoms with van der Waals surface area (Å²) in [7, 11) is 0. The van der Waals surface area contributed by atoms with Crippen molar-refractivity contribution in [3.05, 3.63) is 48.0 Å². The number of fused-ring (bicyclic) bond motifs is 1. The lowest BCUT2D eigenvalue weighted by Crippen LogP contribution is -2.40. The minimum Gasteiger partial charge on any atom is -0.458 e. The van der Waals surface area contributed by atoms with Crippen LogP contribution in [0.5, 0.6) is 0 Å². The van der Waals surface area contributed by atoms with Crippen LogP contribution in [0.4, 0.5) is 0 Å². The summed E-state index contributed by atoms with van der Waals surface area (Å²) < 4.78 is 10.4. The van der Waals surface area contributed by atoms with Crippen LogP contribution in [0.25, 0.3) is 0 Å². The van der Waals surface area contributed by atoms with Crippen LogP contribution in [0.2, 0.25) is 0 Å². The zero-order chi connectivity index (χ0) is 16.1. The Bertz CT molecular complexity index is 575. The first-order valence-corrected chi connectivity index (χ1v) is 6.85. The Morgan fingerprint density at radius 1 is 1.27 bits per heavy atom. The van der Waals surface area contributed by atoms with Gasteiger partial charge in [0.05, 0.1) is 30.9 Å². The summed E-state index contributed by atoms with van der Waals surface area (Å²) in [5, 5.41) is 0. The monoisotopic (exact) mass is 303 g/mol. The van der Waals surface area contributed by atoms with E-state index in [-0.39, 0.29) is 25.0 Å². The highest BCUT2D eigenvalue weighted by Crippen LogP contribution is 2.22. The highest BCUT2D eigenvalue weighted by atomic mass is 16.6. The Morgan fingerprint density at radius 3 is 2.36 bits per heavy atom. The van der Waals surface area contributed by atoms with E-state index in [9.17, 15) is 14.4 Å². The molecule has 6 nitrogen and oxygen atoms in total. The molecule has 1 aliphatic heterocycles. The van der Waals surface area contributed by atoms with Gasteiger partial charge in [-0.2, -0.15) is 0 Å². The molecule has 0 fully saturated rings. The fraction of sp³-hybridized carbons (Fsp3) is 0.312. The van der Waals surface area contributed by atoms with Gasteiger partial charge in [0.25, 0.3) is 11.8 Å². The maximum absolute atomic E-state index is 12.3. The van der Waals surface area contributed by atoms with Crippen molar-refractivity contribution in [2.24, 2.45) is 0 Å². The van der Waals surface area contributed by atoms with Crippen LogP contribution in [0.3, 0.4) is 0 Å². The lowest BCUT2D eigenvalue weighted by atomic mass is 10.1. The number of benzene rings is 1. The number of amides is 2. The van der Waals surface area contributed by atoms with Crippen LogP contribution in [0, 0.1) is 0 Å². The minimum atomic E-state index is -0.709. The molecule has 0 saturated heterocycles. The molecule has 0 unspecified atom stereocenters. The van der Waals surface area contributed by atoms with Crippen LogP contribution < -0.4 is 0 Å². The Morgan fingerprint density at radius 2 is 1.86 bits per heavy atom. The SMILES string of the molecule is C=CCOC[C@@H](CN1C(=O)c2ccccc2C1=O)OC(C)=O. The predicted molar refractivity (Wildman–Crippen MR) is 78.4 cm³/mol. The zero-order valence-corrected chi connectivity index (χ0v) is 12.3. The van der Waals surface area contributed by atoms with Gasteiger partial charge in [0, 0.05) is 6.92 Å². The maximum atomic E-state index is 12.3. The van der Waals surface area contributed by atoms with Gasteiger partial charge in [-0.3, -0.25) is 19.3 Å². The number of hydrogen-bond donors (Lipinski definition) is 0. The quantitative estimate of drug-likeness (QED) is 0.330. The van der Waals surface area contributed by atoms with Crippen molar-refractivity contribution in [1.29, 1.82) is 0 Å². The first-order valence-electron chi connectivity index (χ1n) is 6.85. The Hall–Kier alpha value is -2.47. The number of nitrogens with zero attached hydrogens (tertiary/aromatic N) is 1. The van der Waals surface area contributed by atoms with Crippen molar-refractivity contribution in [2.45, 2.75) is 13.0 Å². The molecule has 2 amide bonds. The number of ether oxygens (including phenoxy) is 2. The molecule has 0 saturated carbocycles. The molecule has 22 heavy (non-hydrogen) atoms. The average Bonchev–Trinajstić information content (AvgIpc) is 2.72. The second-order valence-electron chi connectivity index (χ2n) is 4.82. The Balaban J connectivity index is 2.10. The number of rotatable bonds is 7. The highest BCUT2D eigenvalue weighted by molar-refractivity contribution is 6.21. The van der Waals surface area contributed by atoms with Gasteiger partial charge in [-0.15, -0.1) is 6.58 Å². The standard InChI is InChI=1S/C16H17NO5/c1-3-8-21-10-12(22-11(2)18)9-17-15(19)13-6-4-5-7-14(13)16(17)20/h3-7,12H,1,8-10H2,2H3/t12-/m1/s1. The molecule has 1 heterocycles. The molecule has 0 aliphatic carbocycles. The van der Waals surface area contributed by atoms with Gasteiger partial charge in [-0.1, -0.05) is 18.2 Å². The van der Waals surface area contributed by atoms with E-state index in [1.807, 2.05) is 0 Å². The lowest BCUT2D eigenvalue weighted by molar-refractivity contribution is -0.149. The molecular weight excluding hydrogens is 286 g/mol. The first-order chi connectivity index (χ1) is 10.5. The Kier molecular flexibility index (Phi) is 5.06. The molecular formula is C16H17NO5. The molecule has 116 valence electrons. The summed E-state index contributed by atoms with van der Waals surface area (Å²) in [6, 6.07) is 6.60. The molecule has 1 aromatic carbocycles. The van der Waals surface area contributed by atoms with E-state index in [0.29, 0.717) is 17.7 Å². The number of esters is 1. The van der Waals surface area contributed by atoms with Crippen molar-refractivity contribution >= 4 is 17.8 Å². The van der Waals surface area contributed by atoms with Crippen molar-refractivity contribution in [2.75, 3.05) is 19.8 Å². The first kappa shape index (κ1) is 15.9. The fourth-order valence-electron chi connectivity index (χ4n) is 2.25. The van der Waals surface area contributed by atoms with E-state index in [0.717, 1.165) is 4.90 Å². The molecule has 1 aromatic rings. The van der Waals surface area contributed by atoms with E-state index < -0.39 is 12.1 Å². The van der Waals surface area contributed by atoms with E-state index in [1.54, 1.807) is 30.3 Å². The summed E-state index contributed by atoms with van der Waals surface area (Å²) in [6.07, 6.45) is 0.854. The van der Waals surface area contributed by atoms with Gasteiger partial charge in [-0.05, 0) is 12.1 Å². The second-order valence-corrected chi connectivity index (χ2v) is 4.82. The summed E-state index contributed by atoms with van der Waals surface area (Å²) >= 11 is 0. The van der Waals surface area contributed by atoms with E-state index in [4.69, 9.17) is 9.47 Å². The number of carbonyl (C=O) groups excluding carboxylic acids is 3. The third-order valence-corrected chi connectivity index (χ3v) is 3.14. The van der Waals surface area contributed by atoms with Crippen molar-refractivity contribution in [1.82, 2.24) is 4.90 Å². The van der Waals surface area contributed by atoms with Crippen LogP contribution >= 0.6 is 0 Å². The summed E-state index contributed by atoms with van der Waals surface area (Å²) in [5.41, 5.74) is 0.724. The van der Waals surface area contributed by atoms with Gasteiger partial charge < -0.3 is 9.47 Å². The second kappa shape index (κ2) is 7.00. The molecule has 2 rings (SSSR count). The van der Waals surface area contributed by atoms with Gasteiger partial charge in [-0.25, -0.2) is 0 Å². The third kappa shape index (κ3) is 3.40. The molecule has 1 aliphatic rings. The summed E-state index contributed by atoms with van der Waals surface area (Å²) in [5.74, 6) is -1.27. The third-order valence-electron chi connectivity index (χ3n) is 3.14. The number of carbonyl (C=O) groups is 3. The predicted octanol–water partition coefficient (Wildman–Crippen LogP) is 1.42. The zero-order valence-electron chi connectivity index (χ0n) is 12.3. The van der Waals surface area contributed by atoms with Gasteiger partial charge in [0.2, 0.25) is 0 Å². The molecule has 0 radical (unpaired) electrons. The van der Waals surface area contributed by atoms with Gasteiger partial charge >= 0.3 is 5.97 Å². The molecule has 6 heteroatoms. The smallest absolute Gasteiger partial charge is 0.303 e.